The Kier molecular flexibility index (Phi) is 5.22. The molecule has 0 saturated carbocycles. The standard InChI is InChI=1S/C19H22N4O4S/c1-4-21-28(26,27)16-7-5-15(6-8-16)23-17(24)19(2,3)22(18(23)25)13-14-9-11-20-12-10-14/h5-12,21H,4,13H2,1-3H3. The molecule has 1 N–H and O–H groups in total. The van der Waals surface area contributed by atoms with E-state index >= 15 is 0 Å². The van der Waals surface area contributed by atoms with E-state index in [0.29, 0.717) is 5.69 Å². The zero-order chi connectivity index (χ0) is 20.5. The Morgan fingerprint density at radius 2 is 1.64 bits per heavy atom. The Balaban J connectivity index is 1.90. The molecule has 1 saturated heterocycles. The highest BCUT2D eigenvalue weighted by molar-refractivity contribution is 7.89. The van der Waals surface area contributed by atoms with Crippen LogP contribution in [-0.4, -0.2) is 42.3 Å². The fourth-order valence-electron chi connectivity index (χ4n) is 3.05. The van der Waals surface area contributed by atoms with Crippen LogP contribution in [0.2, 0.25) is 0 Å². The summed E-state index contributed by atoms with van der Waals surface area (Å²) >= 11 is 0. The van der Waals surface area contributed by atoms with Gasteiger partial charge in [0.15, 0.2) is 0 Å². The number of carbonyl (C=O) groups excluding carboxylic acids is 2. The zero-order valence-electron chi connectivity index (χ0n) is 15.9. The normalized spacial score (nSPS) is 16.7. The summed E-state index contributed by atoms with van der Waals surface area (Å²) in [6.07, 6.45) is 3.26. The molecule has 2 aromatic rings. The number of amides is 3. The van der Waals surface area contributed by atoms with Crippen molar-refractivity contribution in [2.45, 2.75) is 37.8 Å². The molecule has 0 atom stereocenters. The number of aromatic nitrogens is 1. The monoisotopic (exact) mass is 402 g/mol. The number of imide groups is 1. The van der Waals surface area contributed by atoms with Crippen LogP contribution in [0.3, 0.4) is 0 Å². The molecule has 0 unspecified atom stereocenters. The van der Waals surface area contributed by atoms with E-state index in [1.54, 1.807) is 45.3 Å². The molecular formula is C19H22N4O4S. The lowest BCUT2D eigenvalue weighted by Gasteiger charge is -2.27. The van der Waals surface area contributed by atoms with Gasteiger partial charge in [-0.05, 0) is 55.8 Å². The minimum absolute atomic E-state index is 0.0742. The van der Waals surface area contributed by atoms with Crippen molar-refractivity contribution in [2.75, 3.05) is 11.4 Å². The van der Waals surface area contributed by atoms with Gasteiger partial charge < -0.3 is 4.90 Å². The van der Waals surface area contributed by atoms with E-state index in [2.05, 4.69) is 9.71 Å². The molecule has 3 rings (SSSR count). The van der Waals surface area contributed by atoms with Crippen molar-refractivity contribution in [3.8, 4) is 0 Å². The van der Waals surface area contributed by atoms with Crippen molar-refractivity contribution >= 4 is 27.6 Å². The van der Waals surface area contributed by atoms with Crippen LogP contribution in [0.4, 0.5) is 10.5 Å². The van der Waals surface area contributed by atoms with Crippen LogP contribution in [0, 0.1) is 0 Å². The highest BCUT2D eigenvalue weighted by Crippen LogP contribution is 2.33. The molecule has 1 aromatic carbocycles. The van der Waals surface area contributed by atoms with Crippen LogP contribution >= 0.6 is 0 Å². The molecule has 0 bridgehead atoms. The third-order valence-corrected chi connectivity index (χ3v) is 6.21. The number of nitrogens with one attached hydrogen (secondary N) is 1. The van der Waals surface area contributed by atoms with E-state index < -0.39 is 21.6 Å². The predicted octanol–water partition coefficient (Wildman–Crippen LogP) is 2.13. The average Bonchev–Trinajstić information content (AvgIpc) is 2.82. The fourth-order valence-corrected chi connectivity index (χ4v) is 4.09. The minimum atomic E-state index is -3.61. The summed E-state index contributed by atoms with van der Waals surface area (Å²) in [5.41, 5.74) is 0.156. The van der Waals surface area contributed by atoms with E-state index in [1.165, 1.54) is 29.2 Å². The Hall–Kier alpha value is -2.78. The second kappa shape index (κ2) is 7.33. The van der Waals surface area contributed by atoms with Crippen molar-refractivity contribution < 1.29 is 18.0 Å². The van der Waals surface area contributed by atoms with Crippen molar-refractivity contribution in [2.24, 2.45) is 0 Å². The van der Waals surface area contributed by atoms with Gasteiger partial charge in [-0.1, -0.05) is 6.92 Å². The summed E-state index contributed by atoms with van der Waals surface area (Å²) in [4.78, 5) is 32.6. The number of urea groups is 1. The van der Waals surface area contributed by atoms with Crippen molar-refractivity contribution in [3.05, 3.63) is 54.4 Å². The number of hydrogen-bond acceptors (Lipinski definition) is 5. The molecule has 0 radical (unpaired) electrons. The van der Waals surface area contributed by atoms with E-state index in [0.717, 1.165) is 10.5 Å². The second-order valence-electron chi connectivity index (χ2n) is 6.92. The molecule has 1 fully saturated rings. The number of pyridine rings is 1. The summed E-state index contributed by atoms with van der Waals surface area (Å²) in [6, 6.07) is 8.82. The lowest BCUT2D eigenvalue weighted by molar-refractivity contribution is -0.123. The van der Waals surface area contributed by atoms with Gasteiger partial charge in [0.2, 0.25) is 10.0 Å². The van der Waals surface area contributed by atoms with Crippen molar-refractivity contribution in [1.82, 2.24) is 14.6 Å². The predicted molar refractivity (Wildman–Crippen MR) is 104 cm³/mol. The maximum Gasteiger partial charge on any atom is 0.332 e. The van der Waals surface area contributed by atoms with Gasteiger partial charge in [-0.2, -0.15) is 0 Å². The summed E-state index contributed by atoms with van der Waals surface area (Å²) in [7, 11) is -3.61. The molecule has 8 nitrogen and oxygen atoms in total. The molecule has 1 aliphatic rings. The van der Waals surface area contributed by atoms with Crippen LogP contribution in [0.5, 0.6) is 0 Å². The van der Waals surface area contributed by atoms with Gasteiger partial charge in [-0.3, -0.25) is 9.78 Å². The number of nitrogens with zero attached hydrogens (tertiary/aromatic N) is 3. The second-order valence-corrected chi connectivity index (χ2v) is 8.69. The lowest BCUT2D eigenvalue weighted by Crippen LogP contribution is -2.43. The smallest absolute Gasteiger partial charge is 0.305 e. The fraction of sp³-hybridized carbons (Fsp3) is 0.316. The highest BCUT2D eigenvalue weighted by Gasteiger charge is 2.51. The molecule has 1 aromatic heterocycles. The van der Waals surface area contributed by atoms with Crippen molar-refractivity contribution in [3.63, 3.8) is 0 Å². The SMILES string of the molecule is CCNS(=O)(=O)c1ccc(N2C(=O)N(Cc3ccncc3)C(C)(C)C2=O)cc1. The summed E-state index contributed by atoms with van der Waals surface area (Å²) in [5.74, 6) is -0.367. The third kappa shape index (κ3) is 3.50. The Labute approximate surface area is 164 Å². The number of rotatable bonds is 6. The Morgan fingerprint density at radius 3 is 2.21 bits per heavy atom. The summed E-state index contributed by atoms with van der Waals surface area (Å²) < 4.78 is 26.6. The number of anilines is 1. The summed E-state index contributed by atoms with van der Waals surface area (Å²) in [5, 5.41) is 0. The largest absolute Gasteiger partial charge is 0.332 e. The number of benzene rings is 1. The quantitative estimate of drug-likeness (QED) is 0.746. The van der Waals surface area contributed by atoms with Gasteiger partial charge in [0.05, 0.1) is 10.6 Å². The first-order valence-electron chi connectivity index (χ1n) is 8.83. The van der Waals surface area contributed by atoms with Gasteiger partial charge in [-0.25, -0.2) is 22.8 Å². The van der Waals surface area contributed by atoms with Crippen LogP contribution in [0.15, 0.2) is 53.7 Å². The van der Waals surface area contributed by atoms with Gasteiger partial charge in [-0.15, -0.1) is 0 Å². The van der Waals surface area contributed by atoms with Crippen LogP contribution < -0.4 is 9.62 Å². The highest BCUT2D eigenvalue weighted by atomic mass is 32.2. The lowest BCUT2D eigenvalue weighted by atomic mass is 10.0. The molecule has 0 aliphatic carbocycles. The molecule has 28 heavy (non-hydrogen) atoms. The zero-order valence-corrected chi connectivity index (χ0v) is 16.7. The van der Waals surface area contributed by atoms with Gasteiger partial charge in [0, 0.05) is 25.5 Å². The molecular weight excluding hydrogens is 380 g/mol. The van der Waals surface area contributed by atoms with Crippen LogP contribution in [0.25, 0.3) is 0 Å². The maximum atomic E-state index is 13.0. The van der Waals surface area contributed by atoms with E-state index in [4.69, 9.17) is 0 Å². The number of sulfonamides is 1. The first kappa shape index (κ1) is 20.0. The average molecular weight is 402 g/mol. The van der Waals surface area contributed by atoms with E-state index in [-0.39, 0.29) is 23.9 Å². The van der Waals surface area contributed by atoms with Crippen LogP contribution in [-0.2, 0) is 21.4 Å². The Bertz CT molecular complexity index is 988. The molecule has 1 aliphatic heterocycles. The van der Waals surface area contributed by atoms with Gasteiger partial charge in [0.25, 0.3) is 5.91 Å². The molecule has 148 valence electrons. The van der Waals surface area contributed by atoms with E-state index in [9.17, 15) is 18.0 Å². The molecule has 0 spiro atoms. The number of hydrogen-bond donors (Lipinski definition) is 1. The molecule has 3 amide bonds. The van der Waals surface area contributed by atoms with E-state index in [1.807, 2.05) is 0 Å². The van der Waals surface area contributed by atoms with Crippen LogP contribution in [0.1, 0.15) is 26.3 Å². The van der Waals surface area contributed by atoms with Crippen molar-refractivity contribution in [1.29, 1.82) is 0 Å². The Morgan fingerprint density at radius 1 is 1.04 bits per heavy atom. The molecule has 9 heteroatoms. The maximum absolute atomic E-state index is 13.0. The topological polar surface area (TPSA) is 99.7 Å². The first-order chi connectivity index (χ1) is 13.2. The third-order valence-electron chi connectivity index (χ3n) is 4.65. The van der Waals surface area contributed by atoms with Gasteiger partial charge >= 0.3 is 6.03 Å². The molecule has 2 heterocycles. The minimum Gasteiger partial charge on any atom is -0.305 e. The first-order valence-corrected chi connectivity index (χ1v) is 10.3. The summed E-state index contributed by atoms with van der Waals surface area (Å²) in [6.45, 7) is 5.61. The van der Waals surface area contributed by atoms with Gasteiger partial charge in [0.1, 0.15) is 5.54 Å². The number of carbonyl (C=O) groups is 2.